The molecule has 9 heteroatoms. The Morgan fingerprint density at radius 2 is 1.87 bits per heavy atom. The molecule has 2 aliphatic heterocycles. The number of pyridine rings is 1. The zero-order chi connectivity index (χ0) is 21.0. The van der Waals surface area contributed by atoms with Gasteiger partial charge in [0.25, 0.3) is 0 Å². The lowest BCUT2D eigenvalue weighted by atomic mass is 10.1. The fourth-order valence-electron chi connectivity index (χ4n) is 3.88. The van der Waals surface area contributed by atoms with Crippen LogP contribution in [0.15, 0.2) is 49.1 Å². The van der Waals surface area contributed by atoms with Crippen LogP contribution in [-0.2, 0) is 13.1 Å². The molecular formula is C22H25N7O2. The van der Waals surface area contributed by atoms with Gasteiger partial charge in [-0.2, -0.15) is 0 Å². The largest absolute Gasteiger partial charge is 0.454 e. The van der Waals surface area contributed by atoms with Crippen molar-refractivity contribution in [1.29, 1.82) is 0 Å². The monoisotopic (exact) mass is 419 g/mol. The van der Waals surface area contributed by atoms with Crippen LogP contribution in [0, 0.1) is 0 Å². The van der Waals surface area contributed by atoms with Gasteiger partial charge in [-0.05, 0) is 29.3 Å². The number of piperazine rings is 1. The van der Waals surface area contributed by atoms with Gasteiger partial charge in [-0.1, -0.05) is 12.1 Å². The molecule has 0 aliphatic carbocycles. The second-order valence-corrected chi connectivity index (χ2v) is 7.63. The molecule has 1 aromatic carbocycles. The highest BCUT2D eigenvalue weighted by molar-refractivity contribution is 5.75. The van der Waals surface area contributed by atoms with Crippen LogP contribution >= 0.6 is 0 Å². The van der Waals surface area contributed by atoms with Crippen molar-refractivity contribution in [3.63, 3.8) is 0 Å². The van der Waals surface area contributed by atoms with Crippen LogP contribution in [0.2, 0.25) is 0 Å². The van der Waals surface area contributed by atoms with E-state index in [9.17, 15) is 0 Å². The Bertz CT molecular complexity index is 1040. The summed E-state index contributed by atoms with van der Waals surface area (Å²) in [5, 5.41) is 3.30. The SMILES string of the molecule is Nc1c(NCc2cccnc2)ncnc1N1CCN(Cc2ccc3c(c2)OCO3)CC1. The predicted octanol–water partition coefficient (Wildman–Crippen LogP) is 2.12. The van der Waals surface area contributed by atoms with E-state index in [0.717, 1.165) is 55.6 Å². The summed E-state index contributed by atoms with van der Waals surface area (Å²) in [6, 6.07) is 10.1. The topological polar surface area (TPSA) is 102 Å². The first-order valence-electron chi connectivity index (χ1n) is 10.4. The number of hydrogen-bond donors (Lipinski definition) is 2. The van der Waals surface area contributed by atoms with Gasteiger partial charge in [-0.25, -0.2) is 9.97 Å². The van der Waals surface area contributed by atoms with Crippen LogP contribution in [-0.4, -0.2) is 52.8 Å². The molecule has 4 heterocycles. The molecule has 0 radical (unpaired) electrons. The molecule has 0 spiro atoms. The van der Waals surface area contributed by atoms with Crippen molar-refractivity contribution >= 4 is 17.3 Å². The Hall–Kier alpha value is -3.59. The third-order valence-electron chi connectivity index (χ3n) is 5.56. The van der Waals surface area contributed by atoms with Crippen LogP contribution in [0.1, 0.15) is 11.1 Å². The summed E-state index contributed by atoms with van der Waals surface area (Å²) in [6.45, 7) is 5.35. The minimum Gasteiger partial charge on any atom is -0.454 e. The number of benzene rings is 1. The van der Waals surface area contributed by atoms with Crippen LogP contribution < -0.4 is 25.4 Å². The van der Waals surface area contributed by atoms with E-state index in [-0.39, 0.29) is 0 Å². The normalized spacial score (nSPS) is 15.8. The Balaban J connectivity index is 1.19. The fourth-order valence-corrected chi connectivity index (χ4v) is 3.88. The minimum atomic E-state index is 0.302. The van der Waals surface area contributed by atoms with E-state index in [1.807, 2.05) is 24.4 Å². The van der Waals surface area contributed by atoms with Gasteiger partial charge < -0.3 is 25.4 Å². The molecule has 9 nitrogen and oxygen atoms in total. The number of hydrogen-bond acceptors (Lipinski definition) is 9. The predicted molar refractivity (Wildman–Crippen MR) is 118 cm³/mol. The summed E-state index contributed by atoms with van der Waals surface area (Å²) in [4.78, 5) is 17.6. The van der Waals surface area contributed by atoms with Crippen molar-refractivity contribution in [3.05, 3.63) is 60.2 Å². The zero-order valence-electron chi connectivity index (χ0n) is 17.2. The van der Waals surface area contributed by atoms with Gasteiger partial charge in [0.1, 0.15) is 12.0 Å². The molecule has 3 aromatic rings. The molecule has 1 saturated heterocycles. The van der Waals surface area contributed by atoms with Crippen LogP contribution in [0.25, 0.3) is 0 Å². The molecule has 2 aromatic heterocycles. The first kappa shape index (κ1) is 19.4. The summed E-state index contributed by atoms with van der Waals surface area (Å²) in [6.07, 6.45) is 5.15. The second kappa shape index (κ2) is 8.65. The van der Waals surface area contributed by atoms with E-state index in [4.69, 9.17) is 15.2 Å². The Morgan fingerprint density at radius 1 is 1.00 bits per heavy atom. The molecular weight excluding hydrogens is 394 g/mol. The number of nitrogens with zero attached hydrogens (tertiary/aromatic N) is 5. The van der Waals surface area contributed by atoms with Crippen LogP contribution in [0.5, 0.6) is 11.5 Å². The van der Waals surface area contributed by atoms with Crippen molar-refractivity contribution in [2.24, 2.45) is 0 Å². The molecule has 0 atom stereocenters. The molecule has 5 rings (SSSR count). The van der Waals surface area contributed by atoms with Gasteiger partial charge in [0.05, 0.1) is 0 Å². The lowest BCUT2D eigenvalue weighted by Crippen LogP contribution is -2.46. The number of ether oxygens (including phenoxy) is 2. The maximum absolute atomic E-state index is 6.40. The van der Waals surface area contributed by atoms with Gasteiger partial charge in [-0.15, -0.1) is 0 Å². The van der Waals surface area contributed by atoms with E-state index in [0.29, 0.717) is 24.8 Å². The molecule has 3 N–H and O–H groups in total. The highest BCUT2D eigenvalue weighted by Crippen LogP contribution is 2.33. The zero-order valence-corrected chi connectivity index (χ0v) is 17.2. The van der Waals surface area contributed by atoms with Crippen LogP contribution in [0.3, 0.4) is 0 Å². The van der Waals surface area contributed by atoms with Crippen molar-refractivity contribution in [1.82, 2.24) is 19.9 Å². The smallest absolute Gasteiger partial charge is 0.231 e. The lowest BCUT2D eigenvalue weighted by Gasteiger charge is -2.36. The molecule has 2 aliphatic rings. The molecule has 0 unspecified atom stereocenters. The second-order valence-electron chi connectivity index (χ2n) is 7.63. The highest BCUT2D eigenvalue weighted by Gasteiger charge is 2.22. The van der Waals surface area contributed by atoms with Gasteiger partial charge >= 0.3 is 0 Å². The first-order chi connectivity index (χ1) is 15.3. The maximum Gasteiger partial charge on any atom is 0.231 e. The van der Waals surface area contributed by atoms with E-state index in [1.165, 1.54) is 5.56 Å². The third kappa shape index (κ3) is 4.31. The van der Waals surface area contributed by atoms with Gasteiger partial charge in [-0.3, -0.25) is 9.88 Å². The fraction of sp³-hybridized carbons (Fsp3) is 0.318. The molecule has 0 amide bonds. The molecule has 160 valence electrons. The van der Waals surface area contributed by atoms with E-state index >= 15 is 0 Å². The number of nitrogens with two attached hydrogens (primary N) is 1. The molecule has 1 fully saturated rings. The standard InChI is InChI=1S/C22H25N7O2/c23-20-21(25-12-17-2-1-5-24-11-17)26-14-27-22(20)29-8-6-28(7-9-29)13-16-3-4-18-19(10-16)31-15-30-18/h1-5,10-11,14H,6-9,12-13,15,23H2,(H,25,26,27). The quantitative estimate of drug-likeness (QED) is 0.622. The Morgan fingerprint density at radius 3 is 2.71 bits per heavy atom. The number of nitrogens with one attached hydrogen (secondary N) is 1. The maximum atomic E-state index is 6.40. The summed E-state index contributed by atoms with van der Waals surface area (Å²) >= 11 is 0. The van der Waals surface area contributed by atoms with E-state index in [1.54, 1.807) is 12.5 Å². The number of fused-ring (bicyclic) bond motifs is 1. The van der Waals surface area contributed by atoms with Gasteiger partial charge in [0.2, 0.25) is 6.79 Å². The van der Waals surface area contributed by atoms with Crippen LogP contribution in [0.4, 0.5) is 17.3 Å². The van der Waals surface area contributed by atoms with Crippen molar-refractivity contribution in [2.75, 3.05) is 48.9 Å². The lowest BCUT2D eigenvalue weighted by molar-refractivity contribution is 0.174. The summed E-state index contributed by atoms with van der Waals surface area (Å²) in [5.41, 5.74) is 9.28. The molecule has 0 saturated carbocycles. The van der Waals surface area contributed by atoms with E-state index < -0.39 is 0 Å². The summed E-state index contributed by atoms with van der Waals surface area (Å²) in [7, 11) is 0. The third-order valence-corrected chi connectivity index (χ3v) is 5.56. The van der Waals surface area contributed by atoms with Gasteiger partial charge in [0.15, 0.2) is 23.1 Å². The number of anilines is 3. The number of rotatable bonds is 6. The minimum absolute atomic E-state index is 0.302. The Labute approximate surface area is 180 Å². The average molecular weight is 419 g/mol. The number of aromatic nitrogens is 3. The Kier molecular flexibility index (Phi) is 5.40. The number of nitrogen functional groups attached to an aromatic ring is 1. The van der Waals surface area contributed by atoms with Crippen molar-refractivity contribution in [3.8, 4) is 11.5 Å². The molecule has 0 bridgehead atoms. The average Bonchev–Trinajstić information content (AvgIpc) is 3.28. The summed E-state index contributed by atoms with van der Waals surface area (Å²) in [5.74, 6) is 3.08. The van der Waals surface area contributed by atoms with Gasteiger partial charge in [0, 0.05) is 51.7 Å². The first-order valence-corrected chi connectivity index (χ1v) is 10.4. The molecule has 31 heavy (non-hydrogen) atoms. The van der Waals surface area contributed by atoms with Crippen molar-refractivity contribution in [2.45, 2.75) is 13.1 Å². The van der Waals surface area contributed by atoms with E-state index in [2.05, 4.69) is 42.2 Å². The highest BCUT2D eigenvalue weighted by atomic mass is 16.7. The summed E-state index contributed by atoms with van der Waals surface area (Å²) < 4.78 is 10.9. The van der Waals surface area contributed by atoms with Crippen molar-refractivity contribution < 1.29 is 9.47 Å².